The van der Waals surface area contributed by atoms with Crippen molar-refractivity contribution in [3.8, 4) is 11.3 Å². The normalized spacial score (nSPS) is 16.6. The molecular weight excluding hydrogens is 460 g/mol. The van der Waals surface area contributed by atoms with Crippen LogP contribution in [-0.4, -0.2) is 41.3 Å². The van der Waals surface area contributed by atoms with Crippen molar-refractivity contribution >= 4 is 21.6 Å². The maximum atomic E-state index is 12.8. The Hall–Kier alpha value is -2.97. The minimum atomic E-state index is -3.43. The van der Waals surface area contributed by atoms with Gasteiger partial charge in [-0.15, -0.1) is 0 Å². The third-order valence-electron chi connectivity index (χ3n) is 6.87. The van der Waals surface area contributed by atoms with E-state index in [0.29, 0.717) is 30.8 Å². The Balaban J connectivity index is 1.17. The van der Waals surface area contributed by atoms with Crippen LogP contribution >= 0.6 is 0 Å². The fraction of sp³-hybridized carbons (Fsp3) is 0.407. The first kappa shape index (κ1) is 23.8. The molecule has 0 radical (unpaired) electrons. The number of benzene rings is 2. The van der Waals surface area contributed by atoms with Crippen LogP contribution in [-0.2, 0) is 34.2 Å². The lowest BCUT2D eigenvalue weighted by Crippen LogP contribution is -2.35. The van der Waals surface area contributed by atoms with Crippen LogP contribution in [0.4, 0.5) is 5.69 Å². The molecule has 0 saturated carbocycles. The zero-order chi connectivity index (χ0) is 24.3. The van der Waals surface area contributed by atoms with Gasteiger partial charge in [-0.1, -0.05) is 30.7 Å². The first-order chi connectivity index (χ1) is 17.0. The second kappa shape index (κ2) is 10.3. The second-order valence-electron chi connectivity index (χ2n) is 9.43. The molecule has 1 amide bonds. The lowest BCUT2D eigenvalue weighted by atomic mass is 10.1. The topological polar surface area (TPSA) is 84.3 Å². The van der Waals surface area contributed by atoms with E-state index in [1.807, 2.05) is 36.4 Å². The Bertz CT molecular complexity index is 1270. The van der Waals surface area contributed by atoms with Gasteiger partial charge in [0.15, 0.2) is 0 Å². The highest BCUT2D eigenvalue weighted by Gasteiger charge is 2.25. The van der Waals surface area contributed by atoms with E-state index < -0.39 is 10.0 Å². The zero-order valence-electron chi connectivity index (χ0n) is 19.9. The number of carbonyl (C=O) groups is 1. The van der Waals surface area contributed by atoms with Gasteiger partial charge in [0, 0.05) is 49.9 Å². The molecule has 1 saturated heterocycles. The number of nitrogens with zero attached hydrogens (tertiary/aromatic N) is 3. The smallest absolute Gasteiger partial charge is 0.243 e. The molecule has 184 valence electrons. The third-order valence-corrected chi connectivity index (χ3v) is 8.78. The Morgan fingerprint density at radius 1 is 0.943 bits per heavy atom. The van der Waals surface area contributed by atoms with Gasteiger partial charge in [0.1, 0.15) is 5.82 Å². The molecule has 1 fully saturated rings. The summed E-state index contributed by atoms with van der Waals surface area (Å²) >= 11 is 0. The molecule has 1 N–H and O–H groups in total. The molecule has 0 spiro atoms. The average Bonchev–Trinajstić information content (AvgIpc) is 3.33. The first-order valence-electron chi connectivity index (χ1n) is 12.5. The summed E-state index contributed by atoms with van der Waals surface area (Å²) in [5, 5.41) is 2.99. The number of aromatic nitrogens is 2. The predicted octanol–water partition coefficient (Wildman–Crippen LogP) is 4.63. The quantitative estimate of drug-likeness (QED) is 0.521. The number of fused-ring (bicyclic) bond motifs is 1. The number of imidazole rings is 1. The summed E-state index contributed by atoms with van der Waals surface area (Å²) in [6.45, 7) is 2.20. The molecule has 1 aromatic heterocycles. The molecule has 0 unspecified atom stereocenters. The maximum Gasteiger partial charge on any atom is 0.243 e. The summed E-state index contributed by atoms with van der Waals surface area (Å²) in [5.74, 6) is 1.06. The van der Waals surface area contributed by atoms with Crippen molar-refractivity contribution in [3.05, 3.63) is 66.1 Å². The largest absolute Gasteiger partial charge is 0.334 e. The van der Waals surface area contributed by atoms with E-state index in [1.54, 1.807) is 16.4 Å². The number of aryl methyl sites for hydroxylation is 3. The second-order valence-corrected chi connectivity index (χ2v) is 11.4. The van der Waals surface area contributed by atoms with Gasteiger partial charge in [-0.3, -0.25) is 4.79 Å². The van der Waals surface area contributed by atoms with Crippen LogP contribution in [0.2, 0.25) is 0 Å². The monoisotopic (exact) mass is 492 g/mol. The summed E-state index contributed by atoms with van der Waals surface area (Å²) < 4.78 is 29.4. The third kappa shape index (κ3) is 5.49. The van der Waals surface area contributed by atoms with Gasteiger partial charge in [-0.05, 0) is 61.9 Å². The Kier molecular flexibility index (Phi) is 7.02. The number of hydrogen-bond donors (Lipinski definition) is 1. The van der Waals surface area contributed by atoms with Gasteiger partial charge in [-0.2, -0.15) is 4.31 Å². The van der Waals surface area contributed by atoms with Gasteiger partial charge >= 0.3 is 0 Å². The van der Waals surface area contributed by atoms with E-state index in [9.17, 15) is 13.2 Å². The van der Waals surface area contributed by atoms with Crippen molar-refractivity contribution in [3.63, 3.8) is 0 Å². The molecule has 2 aliphatic heterocycles. The number of nitrogens with one attached hydrogen (secondary N) is 1. The van der Waals surface area contributed by atoms with Gasteiger partial charge in [0.05, 0.1) is 10.6 Å². The van der Waals surface area contributed by atoms with Gasteiger partial charge in [0.2, 0.25) is 15.9 Å². The summed E-state index contributed by atoms with van der Waals surface area (Å²) in [5.41, 5.74) is 3.63. The Morgan fingerprint density at radius 3 is 2.49 bits per heavy atom. The number of amides is 1. The average molecular weight is 493 g/mol. The number of carbonyl (C=O) groups excluding carboxylic acids is 1. The molecule has 2 aliphatic rings. The van der Waals surface area contributed by atoms with Crippen molar-refractivity contribution < 1.29 is 13.2 Å². The molecule has 7 nitrogen and oxygen atoms in total. The van der Waals surface area contributed by atoms with E-state index >= 15 is 0 Å². The minimum Gasteiger partial charge on any atom is -0.334 e. The van der Waals surface area contributed by atoms with Crippen LogP contribution < -0.4 is 5.32 Å². The van der Waals surface area contributed by atoms with Gasteiger partial charge in [0.25, 0.3) is 0 Å². The molecule has 3 heterocycles. The standard InChI is InChI=1S/C27H32N4O3S/c32-27(15-12-21-10-13-24(14-11-21)35(33,34)31-17-3-1-4-18-31)28-23-8-6-7-22(19-23)25-20-30-16-5-2-9-26(30)29-25/h6-8,10-11,13-14,19-20H,1-5,9,12,15-18H2,(H,28,32). The minimum absolute atomic E-state index is 0.0729. The Labute approximate surface area is 207 Å². The predicted molar refractivity (Wildman–Crippen MR) is 137 cm³/mol. The van der Waals surface area contributed by atoms with Crippen molar-refractivity contribution in [2.24, 2.45) is 0 Å². The Morgan fingerprint density at radius 2 is 1.71 bits per heavy atom. The highest BCUT2D eigenvalue weighted by atomic mass is 32.2. The molecular formula is C27H32N4O3S. The van der Waals surface area contributed by atoms with E-state index in [-0.39, 0.29) is 5.91 Å². The highest BCUT2D eigenvalue weighted by molar-refractivity contribution is 7.89. The van der Waals surface area contributed by atoms with Crippen molar-refractivity contribution in [2.45, 2.75) is 62.8 Å². The number of piperidine rings is 1. The molecule has 5 rings (SSSR count). The zero-order valence-corrected chi connectivity index (χ0v) is 20.8. The van der Waals surface area contributed by atoms with Crippen LogP contribution in [0.15, 0.2) is 59.6 Å². The van der Waals surface area contributed by atoms with Crippen LogP contribution in [0.3, 0.4) is 0 Å². The number of hydrogen-bond acceptors (Lipinski definition) is 4. The fourth-order valence-corrected chi connectivity index (χ4v) is 6.39. The SMILES string of the molecule is O=C(CCc1ccc(S(=O)(=O)N2CCCCC2)cc1)Nc1cccc(-c2cn3c(n2)CCCC3)c1. The van der Waals surface area contributed by atoms with Gasteiger partial charge < -0.3 is 9.88 Å². The fourth-order valence-electron chi connectivity index (χ4n) is 4.87. The summed E-state index contributed by atoms with van der Waals surface area (Å²) in [4.78, 5) is 17.7. The molecule has 8 heteroatoms. The van der Waals surface area contributed by atoms with Crippen LogP contribution in [0, 0.1) is 0 Å². The molecule has 0 atom stereocenters. The van der Waals surface area contributed by atoms with Crippen molar-refractivity contribution in [1.29, 1.82) is 0 Å². The van der Waals surface area contributed by atoms with E-state index in [4.69, 9.17) is 4.98 Å². The van der Waals surface area contributed by atoms with Crippen molar-refractivity contribution in [1.82, 2.24) is 13.9 Å². The van der Waals surface area contributed by atoms with E-state index in [0.717, 1.165) is 60.6 Å². The molecule has 2 aromatic carbocycles. The van der Waals surface area contributed by atoms with E-state index in [2.05, 4.69) is 16.1 Å². The lowest BCUT2D eigenvalue weighted by molar-refractivity contribution is -0.116. The number of sulfonamides is 1. The first-order valence-corrected chi connectivity index (χ1v) is 14.0. The summed E-state index contributed by atoms with van der Waals surface area (Å²) in [6, 6.07) is 14.7. The van der Waals surface area contributed by atoms with Crippen LogP contribution in [0.5, 0.6) is 0 Å². The van der Waals surface area contributed by atoms with Gasteiger partial charge in [-0.25, -0.2) is 13.4 Å². The maximum absolute atomic E-state index is 12.8. The number of rotatable bonds is 7. The highest BCUT2D eigenvalue weighted by Crippen LogP contribution is 2.25. The summed E-state index contributed by atoms with van der Waals surface area (Å²) in [6.07, 6.45) is 9.28. The summed E-state index contributed by atoms with van der Waals surface area (Å²) in [7, 11) is -3.43. The molecule has 35 heavy (non-hydrogen) atoms. The lowest BCUT2D eigenvalue weighted by Gasteiger charge is -2.25. The number of anilines is 1. The van der Waals surface area contributed by atoms with Crippen molar-refractivity contribution in [2.75, 3.05) is 18.4 Å². The molecule has 3 aromatic rings. The van der Waals surface area contributed by atoms with E-state index in [1.165, 1.54) is 12.8 Å². The van der Waals surface area contributed by atoms with Crippen LogP contribution in [0.1, 0.15) is 49.9 Å². The molecule has 0 aliphatic carbocycles. The molecule has 0 bridgehead atoms. The van der Waals surface area contributed by atoms with Crippen LogP contribution in [0.25, 0.3) is 11.3 Å².